The van der Waals surface area contributed by atoms with E-state index in [0.29, 0.717) is 0 Å². The number of hydrogen-bond acceptors (Lipinski definition) is 3. The zero-order valence-electron chi connectivity index (χ0n) is 11.8. The molecular formula is C16H21N3. The topological polar surface area (TPSA) is 50.9 Å². The Bertz CT molecular complexity index is 526. The number of aromatic nitrogens is 1. The van der Waals surface area contributed by atoms with Crippen molar-refractivity contribution in [3.8, 4) is 0 Å². The fraction of sp³-hybridized carbons (Fsp3) is 0.312. The van der Waals surface area contributed by atoms with Crippen molar-refractivity contribution in [2.24, 2.45) is 5.84 Å². The van der Waals surface area contributed by atoms with Gasteiger partial charge in [-0.3, -0.25) is 16.3 Å². The summed E-state index contributed by atoms with van der Waals surface area (Å²) in [7, 11) is 0. The molecule has 1 aromatic carbocycles. The molecule has 0 spiro atoms. The molecule has 0 bridgehead atoms. The van der Waals surface area contributed by atoms with Gasteiger partial charge in [-0.2, -0.15) is 0 Å². The molecule has 1 heterocycles. The number of pyridine rings is 1. The van der Waals surface area contributed by atoms with Crippen LogP contribution in [-0.2, 0) is 6.42 Å². The van der Waals surface area contributed by atoms with Crippen LogP contribution in [0.25, 0.3) is 0 Å². The summed E-state index contributed by atoms with van der Waals surface area (Å²) >= 11 is 0. The second-order valence-corrected chi connectivity index (χ2v) is 5.09. The van der Waals surface area contributed by atoms with E-state index >= 15 is 0 Å². The van der Waals surface area contributed by atoms with Crippen LogP contribution in [-0.4, -0.2) is 4.98 Å². The number of hydrogen-bond donors (Lipinski definition) is 2. The number of rotatable bonds is 4. The molecule has 1 atom stereocenters. The summed E-state index contributed by atoms with van der Waals surface area (Å²) in [4.78, 5) is 4.16. The smallest absolute Gasteiger partial charge is 0.0515 e. The molecule has 3 heteroatoms. The molecule has 3 N–H and O–H groups in total. The standard InChI is InChI=1S/C16H21N3/c1-11-7-12(2)15(13(3)8-11)9-16(19-17)14-5-4-6-18-10-14/h4-8,10,16,19H,9,17H2,1-3H3. The number of benzene rings is 1. The summed E-state index contributed by atoms with van der Waals surface area (Å²) in [6.07, 6.45) is 4.52. The van der Waals surface area contributed by atoms with Crippen LogP contribution in [0.1, 0.15) is 33.9 Å². The highest BCUT2D eigenvalue weighted by Gasteiger charge is 2.13. The van der Waals surface area contributed by atoms with Gasteiger partial charge in [-0.15, -0.1) is 0 Å². The molecule has 0 aliphatic rings. The lowest BCUT2D eigenvalue weighted by molar-refractivity contribution is 0.548. The Morgan fingerprint density at radius 1 is 1.21 bits per heavy atom. The minimum absolute atomic E-state index is 0.0915. The van der Waals surface area contributed by atoms with Gasteiger partial charge in [0.05, 0.1) is 6.04 Å². The van der Waals surface area contributed by atoms with Crippen molar-refractivity contribution < 1.29 is 0 Å². The third-order valence-electron chi connectivity index (χ3n) is 3.54. The van der Waals surface area contributed by atoms with Crippen molar-refractivity contribution in [1.82, 2.24) is 10.4 Å². The summed E-state index contributed by atoms with van der Waals surface area (Å²) in [5, 5.41) is 0. The van der Waals surface area contributed by atoms with Crippen molar-refractivity contribution >= 4 is 0 Å². The van der Waals surface area contributed by atoms with E-state index in [-0.39, 0.29) is 6.04 Å². The first kappa shape index (κ1) is 13.7. The Morgan fingerprint density at radius 2 is 1.89 bits per heavy atom. The molecule has 2 aromatic rings. The van der Waals surface area contributed by atoms with Crippen molar-refractivity contribution in [1.29, 1.82) is 0 Å². The lowest BCUT2D eigenvalue weighted by Crippen LogP contribution is -2.30. The maximum Gasteiger partial charge on any atom is 0.0515 e. The minimum Gasteiger partial charge on any atom is -0.271 e. The Morgan fingerprint density at radius 3 is 2.42 bits per heavy atom. The average molecular weight is 255 g/mol. The Hall–Kier alpha value is -1.71. The average Bonchev–Trinajstić information content (AvgIpc) is 2.39. The van der Waals surface area contributed by atoms with Crippen molar-refractivity contribution in [3.05, 3.63) is 64.5 Å². The van der Waals surface area contributed by atoms with Gasteiger partial charge in [0.15, 0.2) is 0 Å². The van der Waals surface area contributed by atoms with Crippen molar-refractivity contribution in [2.45, 2.75) is 33.2 Å². The van der Waals surface area contributed by atoms with Gasteiger partial charge in [0, 0.05) is 12.4 Å². The molecular weight excluding hydrogens is 234 g/mol. The van der Waals surface area contributed by atoms with Crippen LogP contribution in [0.4, 0.5) is 0 Å². The molecule has 0 fully saturated rings. The molecule has 3 nitrogen and oxygen atoms in total. The van der Waals surface area contributed by atoms with Gasteiger partial charge < -0.3 is 0 Å². The lowest BCUT2D eigenvalue weighted by atomic mass is 9.92. The summed E-state index contributed by atoms with van der Waals surface area (Å²) in [6, 6.07) is 8.53. The summed E-state index contributed by atoms with van der Waals surface area (Å²) in [6.45, 7) is 6.45. The maximum absolute atomic E-state index is 5.70. The van der Waals surface area contributed by atoms with E-state index in [1.54, 1.807) is 6.20 Å². The Labute approximate surface area is 114 Å². The fourth-order valence-electron chi connectivity index (χ4n) is 2.59. The predicted molar refractivity (Wildman–Crippen MR) is 78.7 cm³/mol. The molecule has 0 amide bonds. The molecule has 0 aliphatic heterocycles. The molecule has 1 unspecified atom stereocenters. The monoisotopic (exact) mass is 255 g/mol. The van der Waals surface area contributed by atoms with E-state index < -0.39 is 0 Å². The molecule has 2 rings (SSSR count). The number of nitrogens with two attached hydrogens (primary N) is 1. The lowest BCUT2D eigenvalue weighted by Gasteiger charge is -2.19. The fourth-order valence-corrected chi connectivity index (χ4v) is 2.59. The first-order valence-corrected chi connectivity index (χ1v) is 6.54. The van der Waals surface area contributed by atoms with Crippen LogP contribution in [0.2, 0.25) is 0 Å². The summed E-state index contributed by atoms with van der Waals surface area (Å²) < 4.78 is 0. The van der Waals surface area contributed by atoms with Gasteiger partial charge in [0.1, 0.15) is 0 Å². The third-order valence-corrected chi connectivity index (χ3v) is 3.54. The van der Waals surface area contributed by atoms with Crippen LogP contribution in [0.15, 0.2) is 36.7 Å². The normalized spacial score (nSPS) is 12.4. The summed E-state index contributed by atoms with van der Waals surface area (Å²) in [5.41, 5.74) is 9.31. The van der Waals surface area contributed by atoms with Crippen molar-refractivity contribution in [3.63, 3.8) is 0 Å². The zero-order valence-corrected chi connectivity index (χ0v) is 11.8. The van der Waals surface area contributed by atoms with E-state index in [1.807, 2.05) is 12.3 Å². The predicted octanol–water partition coefficient (Wildman–Crippen LogP) is 2.75. The van der Waals surface area contributed by atoms with Crippen LogP contribution in [0.3, 0.4) is 0 Å². The van der Waals surface area contributed by atoms with E-state index in [9.17, 15) is 0 Å². The quantitative estimate of drug-likeness (QED) is 0.652. The molecule has 0 saturated carbocycles. The van der Waals surface area contributed by atoms with Gasteiger partial charge >= 0.3 is 0 Å². The van der Waals surface area contributed by atoms with E-state index in [1.165, 1.54) is 22.3 Å². The van der Waals surface area contributed by atoms with Crippen LogP contribution in [0, 0.1) is 20.8 Å². The molecule has 1 aromatic heterocycles. The van der Waals surface area contributed by atoms with Gasteiger partial charge in [0.25, 0.3) is 0 Å². The van der Waals surface area contributed by atoms with E-state index in [2.05, 4.69) is 49.4 Å². The van der Waals surface area contributed by atoms with Gasteiger partial charge in [0.2, 0.25) is 0 Å². The first-order valence-electron chi connectivity index (χ1n) is 6.54. The highest BCUT2D eigenvalue weighted by atomic mass is 15.2. The SMILES string of the molecule is Cc1cc(C)c(CC(NN)c2cccnc2)c(C)c1. The van der Waals surface area contributed by atoms with Crippen LogP contribution in [0.5, 0.6) is 0 Å². The van der Waals surface area contributed by atoms with E-state index in [0.717, 1.165) is 12.0 Å². The van der Waals surface area contributed by atoms with Crippen LogP contribution < -0.4 is 11.3 Å². The molecule has 0 radical (unpaired) electrons. The van der Waals surface area contributed by atoms with Gasteiger partial charge in [-0.25, -0.2) is 0 Å². The number of hydrazine groups is 1. The Balaban J connectivity index is 2.29. The number of nitrogens with one attached hydrogen (secondary N) is 1. The summed E-state index contributed by atoms with van der Waals surface area (Å²) in [5.74, 6) is 5.70. The molecule has 0 saturated heterocycles. The maximum atomic E-state index is 5.70. The highest BCUT2D eigenvalue weighted by Crippen LogP contribution is 2.23. The number of aryl methyl sites for hydroxylation is 3. The van der Waals surface area contributed by atoms with Crippen LogP contribution >= 0.6 is 0 Å². The largest absolute Gasteiger partial charge is 0.271 e. The minimum atomic E-state index is 0.0915. The molecule has 19 heavy (non-hydrogen) atoms. The zero-order chi connectivity index (χ0) is 13.8. The third kappa shape index (κ3) is 3.19. The second-order valence-electron chi connectivity index (χ2n) is 5.09. The van der Waals surface area contributed by atoms with Crippen molar-refractivity contribution in [2.75, 3.05) is 0 Å². The molecule has 100 valence electrons. The Kier molecular flexibility index (Phi) is 4.30. The number of nitrogens with zero attached hydrogens (tertiary/aromatic N) is 1. The van der Waals surface area contributed by atoms with Gasteiger partial charge in [-0.05, 0) is 55.5 Å². The second kappa shape index (κ2) is 5.95. The molecule has 0 aliphatic carbocycles. The van der Waals surface area contributed by atoms with Gasteiger partial charge in [-0.1, -0.05) is 23.8 Å². The highest BCUT2D eigenvalue weighted by molar-refractivity contribution is 5.38. The first-order chi connectivity index (χ1) is 9.11. The van der Waals surface area contributed by atoms with E-state index in [4.69, 9.17) is 5.84 Å².